The fraction of sp³-hybridized carbons (Fsp3) is 0.222. The Morgan fingerprint density at radius 3 is 2.22 bits per heavy atom. The number of carbonyl (C=O) groups excluding carboxylic acids is 2. The quantitative estimate of drug-likeness (QED) is 0.681. The number of rotatable bonds is 5. The van der Waals surface area contributed by atoms with Gasteiger partial charge in [0, 0.05) is 0 Å². The van der Waals surface area contributed by atoms with Crippen LogP contribution in [0.2, 0.25) is 0 Å². The predicted octanol–water partition coefficient (Wildman–Crippen LogP) is 3.19. The molecule has 0 unspecified atom stereocenters. The number of hydrogen-bond acceptors (Lipinski definition) is 3. The molecule has 1 N–H and O–H groups in total. The third kappa shape index (κ3) is 4.39. The Morgan fingerprint density at radius 1 is 1.00 bits per heavy atom. The zero-order chi connectivity index (χ0) is 16.8. The summed E-state index contributed by atoms with van der Waals surface area (Å²) in [6, 6.07) is 13.3. The summed E-state index contributed by atoms with van der Waals surface area (Å²) in [5.74, 6) is -1.68. The molecule has 120 valence electrons. The van der Waals surface area contributed by atoms with E-state index in [-0.39, 0.29) is 11.5 Å². The summed E-state index contributed by atoms with van der Waals surface area (Å²) >= 11 is 0. The molecule has 1 atom stereocenters. The fourth-order valence-corrected chi connectivity index (χ4v) is 2.03. The van der Waals surface area contributed by atoms with E-state index in [0.29, 0.717) is 5.75 Å². The summed E-state index contributed by atoms with van der Waals surface area (Å²) in [4.78, 5) is 24.5. The highest BCUT2D eigenvalue weighted by Crippen LogP contribution is 2.13. The van der Waals surface area contributed by atoms with Gasteiger partial charge in [-0.2, -0.15) is 0 Å². The van der Waals surface area contributed by atoms with Gasteiger partial charge in [0.05, 0.1) is 5.56 Å². The van der Waals surface area contributed by atoms with Crippen LogP contribution in [0.25, 0.3) is 0 Å². The second-order valence-corrected chi connectivity index (χ2v) is 5.41. The Labute approximate surface area is 134 Å². The number of hydrogen-bond donors (Lipinski definition) is 1. The standard InChI is InChI=1S/C18H18FNO3/c1-12(2)16(18(22)23-13-8-4-3-5-9-13)20-17(21)14-10-6-7-11-15(14)19/h3-12,16H,1-2H3,(H,20,21)/t16-/m0/s1. The molecule has 0 aromatic heterocycles. The van der Waals surface area contributed by atoms with Gasteiger partial charge in [-0.15, -0.1) is 0 Å². The van der Waals surface area contributed by atoms with E-state index in [2.05, 4.69) is 5.32 Å². The highest BCUT2D eigenvalue weighted by molar-refractivity contribution is 5.97. The van der Waals surface area contributed by atoms with E-state index in [1.54, 1.807) is 50.2 Å². The van der Waals surface area contributed by atoms with E-state index in [1.807, 2.05) is 0 Å². The van der Waals surface area contributed by atoms with Crippen LogP contribution >= 0.6 is 0 Å². The van der Waals surface area contributed by atoms with Crippen molar-refractivity contribution < 1.29 is 18.7 Å². The van der Waals surface area contributed by atoms with Gasteiger partial charge in [-0.25, -0.2) is 9.18 Å². The fourth-order valence-electron chi connectivity index (χ4n) is 2.03. The highest BCUT2D eigenvalue weighted by atomic mass is 19.1. The van der Waals surface area contributed by atoms with E-state index in [4.69, 9.17) is 4.74 Å². The molecule has 4 nitrogen and oxygen atoms in total. The number of amides is 1. The lowest BCUT2D eigenvalue weighted by atomic mass is 10.0. The van der Waals surface area contributed by atoms with Crippen molar-refractivity contribution in [3.05, 3.63) is 66.0 Å². The van der Waals surface area contributed by atoms with Crippen molar-refractivity contribution in [1.29, 1.82) is 0 Å². The molecule has 23 heavy (non-hydrogen) atoms. The molecule has 0 saturated heterocycles. The number of para-hydroxylation sites is 1. The van der Waals surface area contributed by atoms with Crippen LogP contribution in [0.15, 0.2) is 54.6 Å². The average Bonchev–Trinajstić information content (AvgIpc) is 2.53. The molecule has 2 rings (SSSR count). The number of halogens is 1. The normalized spacial score (nSPS) is 11.8. The summed E-state index contributed by atoms with van der Waals surface area (Å²) in [7, 11) is 0. The van der Waals surface area contributed by atoms with Crippen LogP contribution < -0.4 is 10.1 Å². The molecule has 2 aromatic carbocycles. The molecule has 0 aliphatic carbocycles. The van der Waals surface area contributed by atoms with Gasteiger partial charge in [0.1, 0.15) is 17.6 Å². The van der Waals surface area contributed by atoms with Crippen LogP contribution in [-0.4, -0.2) is 17.9 Å². The zero-order valence-corrected chi connectivity index (χ0v) is 13.0. The van der Waals surface area contributed by atoms with Gasteiger partial charge in [-0.05, 0) is 30.2 Å². The lowest BCUT2D eigenvalue weighted by molar-refractivity contribution is -0.137. The first-order valence-electron chi connectivity index (χ1n) is 7.31. The van der Waals surface area contributed by atoms with Gasteiger partial charge in [-0.1, -0.05) is 44.2 Å². The Morgan fingerprint density at radius 2 is 1.61 bits per heavy atom. The molecule has 0 spiro atoms. The molecule has 0 heterocycles. The maximum atomic E-state index is 13.7. The van der Waals surface area contributed by atoms with Crippen LogP contribution in [0.5, 0.6) is 5.75 Å². The molecule has 0 bridgehead atoms. The molecule has 2 aromatic rings. The van der Waals surface area contributed by atoms with Crippen molar-refractivity contribution in [3.8, 4) is 5.75 Å². The van der Waals surface area contributed by atoms with Crippen molar-refractivity contribution in [2.45, 2.75) is 19.9 Å². The summed E-state index contributed by atoms with van der Waals surface area (Å²) < 4.78 is 18.9. The van der Waals surface area contributed by atoms with Gasteiger partial charge < -0.3 is 10.1 Å². The minimum absolute atomic E-state index is 0.106. The number of nitrogens with one attached hydrogen (secondary N) is 1. The van der Waals surface area contributed by atoms with Gasteiger partial charge in [0.25, 0.3) is 5.91 Å². The van der Waals surface area contributed by atoms with E-state index in [1.165, 1.54) is 18.2 Å². The van der Waals surface area contributed by atoms with E-state index < -0.39 is 23.7 Å². The molecule has 0 aliphatic rings. The van der Waals surface area contributed by atoms with E-state index in [9.17, 15) is 14.0 Å². The van der Waals surface area contributed by atoms with Crippen LogP contribution in [0.4, 0.5) is 4.39 Å². The van der Waals surface area contributed by atoms with Crippen LogP contribution in [0.3, 0.4) is 0 Å². The summed E-state index contributed by atoms with van der Waals surface area (Å²) in [5.41, 5.74) is -0.106. The SMILES string of the molecule is CC(C)[C@H](NC(=O)c1ccccc1F)C(=O)Oc1ccccc1. The second kappa shape index (κ2) is 7.54. The van der Waals surface area contributed by atoms with Crippen molar-refractivity contribution >= 4 is 11.9 Å². The maximum Gasteiger partial charge on any atom is 0.334 e. The first kappa shape index (κ1) is 16.7. The van der Waals surface area contributed by atoms with Crippen molar-refractivity contribution in [1.82, 2.24) is 5.32 Å². The number of ether oxygens (including phenoxy) is 1. The van der Waals surface area contributed by atoms with Crippen molar-refractivity contribution in [3.63, 3.8) is 0 Å². The van der Waals surface area contributed by atoms with Crippen molar-refractivity contribution in [2.75, 3.05) is 0 Å². The first-order valence-corrected chi connectivity index (χ1v) is 7.31. The average molecular weight is 315 g/mol. The van der Waals surface area contributed by atoms with Gasteiger partial charge in [-0.3, -0.25) is 4.79 Å². The van der Waals surface area contributed by atoms with Crippen molar-refractivity contribution in [2.24, 2.45) is 5.92 Å². The third-order valence-electron chi connectivity index (χ3n) is 3.29. The monoisotopic (exact) mass is 315 g/mol. The van der Waals surface area contributed by atoms with Crippen LogP contribution in [0, 0.1) is 11.7 Å². The van der Waals surface area contributed by atoms with E-state index in [0.717, 1.165) is 0 Å². The maximum absolute atomic E-state index is 13.7. The largest absolute Gasteiger partial charge is 0.425 e. The summed E-state index contributed by atoms with van der Waals surface area (Å²) in [6.45, 7) is 3.55. The molecular formula is C18H18FNO3. The summed E-state index contributed by atoms with van der Waals surface area (Å²) in [5, 5.41) is 2.54. The smallest absolute Gasteiger partial charge is 0.334 e. The highest BCUT2D eigenvalue weighted by Gasteiger charge is 2.27. The first-order chi connectivity index (χ1) is 11.0. The minimum Gasteiger partial charge on any atom is -0.425 e. The Bertz CT molecular complexity index is 686. The number of benzene rings is 2. The summed E-state index contributed by atoms with van der Waals surface area (Å²) in [6.07, 6.45) is 0. The predicted molar refractivity (Wildman–Crippen MR) is 84.6 cm³/mol. The van der Waals surface area contributed by atoms with Gasteiger partial charge >= 0.3 is 5.97 Å². The molecule has 0 aliphatic heterocycles. The molecule has 0 radical (unpaired) electrons. The van der Waals surface area contributed by atoms with Gasteiger partial charge in [0.2, 0.25) is 0 Å². The minimum atomic E-state index is -0.873. The van der Waals surface area contributed by atoms with E-state index >= 15 is 0 Å². The molecule has 0 saturated carbocycles. The molecule has 1 amide bonds. The Hall–Kier alpha value is -2.69. The lowest BCUT2D eigenvalue weighted by Gasteiger charge is -2.20. The molecular weight excluding hydrogens is 297 g/mol. The van der Waals surface area contributed by atoms with Crippen LogP contribution in [0.1, 0.15) is 24.2 Å². The zero-order valence-electron chi connectivity index (χ0n) is 13.0. The Balaban J connectivity index is 2.11. The van der Waals surface area contributed by atoms with Gasteiger partial charge in [0.15, 0.2) is 0 Å². The number of esters is 1. The lowest BCUT2D eigenvalue weighted by Crippen LogP contribution is -2.46. The second-order valence-electron chi connectivity index (χ2n) is 5.41. The Kier molecular flexibility index (Phi) is 5.46. The molecule has 0 fully saturated rings. The number of carbonyl (C=O) groups is 2. The topological polar surface area (TPSA) is 55.4 Å². The third-order valence-corrected chi connectivity index (χ3v) is 3.29. The molecule has 5 heteroatoms. The van der Waals surface area contributed by atoms with Crippen LogP contribution in [-0.2, 0) is 4.79 Å².